The van der Waals surface area contributed by atoms with Gasteiger partial charge in [-0.3, -0.25) is 4.99 Å². The third kappa shape index (κ3) is 3.87. The lowest BCUT2D eigenvalue weighted by molar-refractivity contribution is 0.0278. The second-order valence-electron chi connectivity index (χ2n) is 6.85. The van der Waals surface area contributed by atoms with Gasteiger partial charge in [-0.15, -0.1) is 0 Å². The van der Waals surface area contributed by atoms with Gasteiger partial charge >= 0.3 is 6.09 Å². The van der Waals surface area contributed by atoms with Crippen LogP contribution in [0.4, 0.5) is 4.79 Å². The molecule has 2 rings (SSSR count). The number of guanidine groups is 1. The molecule has 2 heterocycles. The molecule has 122 valence electrons. The fourth-order valence-corrected chi connectivity index (χ4v) is 3.03. The van der Waals surface area contributed by atoms with Gasteiger partial charge < -0.3 is 14.5 Å². The molecule has 0 aromatic carbocycles. The zero-order valence-corrected chi connectivity index (χ0v) is 14.0. The number of ether oxygens (including phenoxy) is 1. The van der Waals surface area contributed by atoms with Crippen LogP contribution in [-0.2, 0) is 4.74 Å². The van der Waals surface area contributed by atoms with Gasteiger partial charge in [-0.1, -0.05) is 12.7 Å². The molecule has 2 fully saturated rings. The summed E-state index contributed by atoms with van der Waals surface area (Å²) in [5.41, 5.74) is -0.442. The molecule has 0 aromatic rings. The lowest BCUT2D eigenvalue weighted by Crippen LogP contribution is -2.38. The molecule has 2 aliphatic heterocycles. The predicted molar refractivity (Wildman–Crippen MR) is 88.4 cm³/mol. The fourth-order valence-electron chi connectivity index (χ4n) is 3.03. The Labute approximate surface area is 132 Å². The van der Waals surface area contributed by atoms with E-state index in [1.54, 1.807) is 19.3 Å². The highest BCUT2D eigenvalue weighted by Crippen LogP contribution is 2.32. The topological polar surface area (TPSA) is 57.5 Å². The van der Waals surface area contributed by atoms with Gasteiger partial charge in [0, 0.05) is 51.3 Å². The van der Waals surface area contributed by atoms with E-state index in [-0.39, 0.29) is 6.09 Å². The molecule has 6 heteroatoms. The zero-order chi connectivity index (χ0) is 16.3. The van der Waals surface area contributed by atoms with Crippen LogP contribution in [-0.4, -0.2) is 66.9 Å². The molecule has 0 N–H and O–H groups in total. The number of hydrogen-bond acceptors (Lipinski definition) is 3. The largest absolute Gasteiger partial charge is 0.444 e. The summed E-state index contributed by atoms with van der Waals surface area (Å²) in [6.07, 6.45) is 3.10. The highest BCUT2D eigenvalue weighted by atomic mass is 16.6. The Balaban J connectivity index is 1.92. The second kappa shape index (κ2) is 6.50. The number of carbonyl (C=O) groups excluding carboxylic acids is 1. The van der Waals surface area contributed by atoms with Gasteiger partial charge in [0.1, 0.15) is 5.60 Å². The number of hydrogen-bond donors (Lipinski definition) is 0. The number of aliphatic imine (C=N–C) groups is 2. The van der Waals surface area contributed by atoms with Crippen molar-refractivity contribution < 1.29 is 9.53 Å². The molecule has 0 bridgehead atoms. The van der Waals surface area contributed by atoms with E-state index in [4.69, 9.17) is 4.74 Å². The number of carbonyl (C=O) groups is 1. The van der Waals surface area contributed by atoms with Crippen molar-refractivity contribution in [2.24, 2.45) is 21.8 Å². The van der Waals surface area contributed by atoms with E-state index in [1.165, 1.54) is 0 Å². The van der Waals surface area contributed by atoms with E-state index in [2.05, 4.69) is 21.5 Å². The third-order valence-electron chi connectivity index (χ3n) is 3.92. The normalized spacial score (nSPS) is 25.7. The SMILES string of the molecule is C=C/C=N\C(=NC)N1CC2CN(C(=O)OC(C)(C)C)CC2C1. The van der Waals surface area contributed by atoms with E-state index in [0.717, 1.165) is 32.1 Å². The van der Waals surface area contributed by atoms with Gasteiger partial charge in [0.05, 0.1) is 0 Å². The van der Waals surface area contributed by atoms with Crippen molar-refractivity contribution in [1.82, 2.24) is 9.80 Å². The van der Waals surface area contributed by atoms with Gasteiger partial charge in [0.2, 0.25) is 5.96 Å². The smallest absolute Gasteiger partial charge is 0.410 e. The van der Waals surface area contributed by atoms with E-state index in [1.807, 2.05) is 25.7 Å². The minimum Gasteiger partial charge on any atom is -0.444 e. The lowest BCUT2D eigenvalue weighted by atomic mass is 10.0. The first-order valence-electron chi connectivity index (χ1n) is 7.69. The first-order valence-corrected chi connectivity index (χ1v) is 7.69. The van der Waals surface area contributed by atoms with E-state index in [9.17, 15) is 4.79 Å². The zero-order valence-electron chi connectivity index (χ0n) is 14.0. The highest BCUT2D eigenvalue weighted by molar-refractivity contribution is 5.90. The summed E-state index contributed by atoms with van der Waals surface area (Å²) in [6.45, 7) is 12.6. The number of fused-ring (bicyclic) bond motifs is 1. The molecule has 0 aliphatic carbocycles. The highest BCUT2D eigenvalue weighted by Gasteiger charge is 2.43. The van der Waals surface area contributed by atoms with Crippen molar-refractivity contribution in [3.8, 4) is 0 Å². The van der Waals surface area contributed by atoms with Crippen LogP contribution in [0.5, 0.6) is 0 Å². The second-order valence-corrected chi connectivity index (χ2v) is 6.85. The van der Waals surface area contributed by atoms with Crippen molar-refractivity contribution in [3.05, 3.63) is 12.7 Å². The maximum absolute atomic E-state index is 12.1. The van der Waals surface area contributed by atoms with Crippen LogP contribution in [0, 0.1) is 11.8 Å². The van der Waals surface area contributed by atoms with Gasteiger partial charge in [0.25, 0.3) is 0 Å². The average Bonchev–Trinajstić information content (AvgIpc) is 2.96. The van der Waals surface area contributed by atoms with Crippen LogP contribution >= 0.6 is 0 Å². The summed E-state index contributed by atoms with van der Waals surface area (Å²) < 4.78 is 5.45. The summed E-state index contributed by atoms with van der Waals surface area (Å²) in [5, 5.41) is 0. The quantitative estimate of drug-likeness (QED) is 0.550. The van der Waals surface area contributed by atoms with Crippen LogP contribution in [0.15, 0.2) is 22.6 Å². The summed E-state index contributed by atoms with van der Waals surface area (Å²) >= 11 is 0. The van der Waals surface area contributed by atoms with E-state index in [0.29, 0.717) is 11.8 Å². The number of nitrogens with zero attached hydrogens (tertiary/aromatic N) is 4. The maximum Gasteiger partial charge on any atom is 0.410 e. The molecule has 0 saturated carbocycles. The van der Waals surface area contributed by atoms with Gasteiger partial charge in [-0.05, 0) is 20.8 Å². The maximum atomic E-state index is 12.1. The van der Waals surface area contributed by atoms with E-state index >= 15 is 0 Å². The van der Waals surface area contributed by atoms with Crippen molar-refractivity contribution in [2.75, 3.05) is 33.2 Å². The summed E-state index contributed by atoms with van der Waals surface area (Å²) in [5.74, 6) is 1.66. The molecule has 2 atom stereocenters. The van der Waals surface area contributed by atoms with Crippen LogP contribution in [0.25, 0.3) is 0 Å². The molecule has 6 nitrogen and oxygen atoms in total. The molecule has 2 saturated heterocycles. The number of likely N-dealkylation sites (tertiary alicyclic amines) is 2. The van der Waals surface area contributed by atoms with Crippen molar-refractivity contribution in [2.45, 2.75) is 26.4 Å². The monoisotopic (exact) mass is 306 g/mol. The van der Waals surface area contributed by atoms with Crippen LogP contribution < -0.4 is 0 Å². The number of amides is 1. The standard InChI is InChI=1S/C16H26N4O2/c1-6-7-18-14(17-5)19-8-12-10-20(11-13(12)9-19)15(21)22-16(2,3)4/h6-7,12-13H,1,8-11H2,2-5H3/b17-14?,18-7-. The van der Waals surface area contributed by atoms with Gasteiger partial charge in [0.15, 0.2) is 0 Å². The molecular formula is C16H26N4O2. The molecule has 1 amide bonds. The Morgan fingerprint density at radius 3 is 2.18 bits per heavy atom. The van der Waals surface area contributed by atoms with Crippen molar-refractivity contribution >= 4 is 18.3 Å². The minimum absolute atomic E-state index is 0.206. The van der Waals surface area contributed by atoms with Crippen LogP contribution in [0.2, 0.25) is 0 Å². The Bertz CT molecular complexity index is 479. The molecule has 0 spiro atoms. The van der Waals surface area contributed by atoms with E-state index < -0.39 is 5.60 Å². The number of rotatable bonds is 1. The summed E-state index contributed by atoms with van der Waals surface area (Å²) in [6, 6.07) is 0. The molecule has 22 heavy (non-hydrogen) atoms. The average molecular weight is 306 g/mol. The summed E-state index contributed by atoms with van der Waals surface area (Å²) in [4.78, 5) is 24.7. The van der Waals surface area contributed by atoms with Crippen molar-refractivity contribution in [3.63, 3.8) is 0 Å². The molecule has 2 unspecified atom stereocenters. The Morgan fingerprint density at radius 2 is 1.73 bits per heavy atom. The van der Waals surface area contributed by atoms with Gasteiger partial charge in [-0.2, -0.15) is 0 Å². The first-order chi connectivity index (χ1) is 10.3. The van der Waals surface area contributed by atoms with Gasteiger partial charge in [-0.25, -0.2) is 9.79 Å². The molecule has 0 radical (unpaired) electrons. The first kappa shape index (κ1) is 16.5. The van der Waals surface area contributed by atoms with Crippen molar-refractivity contribution in [1.29, 1.82) is 0 Å². The predicted octanol–water partition coefficient (Wildman–Crippen LogP) is 2.03. The minimum atomic E-state index is -0.442. The Hall–Kier alpha value is -1.85. The molecule has 2 aliphatic rings. The molecular weight excluding hydrogens is 280 g/mol. The summed E-state index contributed by atoms with van der Waals surface area (Å²) in [7, 11) is 1.75. The number of allylic oxidation sites excluding steroid dienone is 1. The van der Waals surface area contributed by atoms with Crippen LogP contribution in [0.1, 0.15) is 20.8 Å². The Morgan fingerprint density at radius 1 is 1.18 bits per heavy atom. The third-order valence-corrected chi connectivity index (χ3v) is 3.92. The fraction of sp³-hybridized carbons (Fsp3) is 0.688. The van der Waals surface area contributed by atoms with Crippen LogP contribution in [0.3, 0.4) is 0 Å². The Kier molecular flexibility index (Phi) is 4.88. The molecule has 0 aromatic heterocycles. The lowest BCUT2D eigenvalue weighted by Gasteiger charge is -2.26.